The molecule has 2 N–H and O–H groups in total. The van der Waals surface area contributed by atoms with Crippen LogP contribution in [0.4, 0.5) is 17.1 Å². The van der Waals surface area contributed by atoms with E-state index in [0.29, 0.717) is 27.6 Å². The highest BCUT2D eigenvalue weighted by atomic mass is 35.5. The van der Waals surface area contributed by atoms with E-state index in [0.717, 1.165) is 5.56 Å². The maximum absolute atomic E-state index is 12.3. The lowest BCUT2D eigenvalue weighted by atomic mass is 10.2. The first-order chi connectivity index (χ1) is 13.5. The molecule has 0 radical (unpaired) electrons. The van der Waals surface area contributed by atoms with Crippen LogP contribution in [-0.2, 0) is 4.74 Å². The number of rotatable bonds is 5. The number of aromatic nitrogens is 1. The Morgan fingerprint density at radius 2 is 1.79 bits per heavy atom. The second-order valence-electron chi connectivity index (χ2n) is 6.05. The molecule has 0 fully saturated rings. The van der Waals surface area contributed by atoms with Crippen molar-refractivity contribution in [2.75, 3.05) is 17.7 Å². The van der Waals surface area contributed by atoms with Gasteiger partial charge in [0.2, 0.25) is 0 Å². The van der Waals surface area contributed by atoms with Crippen LogP contribution in [0.5, 0.6) is 0 Å². The van der Waals surface area contributed by atoms with E-state index < -0.39 is 5.97 Å². The molecule has 0 atom stereocenters. The minimum Gasteiger partial charge on any atom is -0.465 e. The van der Waals surface area contributed by atoms with Gasteiger partial charge < -0.3 is 15.4 Å². The van der Waals surface area contributed by atoms with Gasteiger partial charge in [-0.2, -0.15) is 0 Å². The van der Waals surface area contributed by atoms with E-state index >= 15 is 0 Å². The lowest BCUT2D eigenvalue weighted by Gasteiger charge is -2.09. The number of hydrogen-bond acceptors (Lipinski definition) is 5. The number of hydrogen-bond donors (Lipinski definition) is 2. The SMILES string of the molecule is COC(=O)c1cccc(Nc2ccc(C(=O)Nc3ccc(C)c(Cl)c3)nc2)c1. The molecule has 0 unspecified atom stereocenters. The zero-order valence-corrected chi connectivity index (χ0v) is 16.1. The number of nitrogens with zero attached hydrogens (tertiary/aromatic N) is 1. The van der Waals surface area contributed by atoms with Crippen LogP contribution in [0.25, 0.3) is 0 Å². The average molecular weight is 396 g/mol. The Labute approximate surface area is 167 Å². The van der Waals surface area contributed by atoms with Gasteiger partial charge in [0.1, 0.15) is 5.69 Å². The van der Waals surface area contributed by atoms with Crippen molar-refractivity contribution in [2.24, 2.45) is 0 Å². The highest BCUT2D eigenvalue weighted by Crippen LogP contribution is 2.21. The van der Waals surface area contributed by atoms with E-state index in [1.807, 2.05) is 19.1 Å². The predicted molar refractivity (Wildman–Crippen MR) is 109 cm³/mol. The van der Waals surface area contributed by atoms with Crippen LogP contribution < -0.4 is 10.6 Å². The largest absolute Gasteiger partial charge is 0.465 e. The highest BCUT2D eigenvalue weighted by molar-refractivity contribution is 6.31. The second-order valence-corrected chi connectivity index (χ2v) is 6.45. The third-order valence-electron chi connectivity index (χ3n) is 4.00. The number of pyridine rings is 1. The summed E-state index contributed by atoms with van der Waals surface area (Å²) in [5, 5.41) is 6.48. The molecule has 0 spiro atoms. The van der Waals surface area contributed by atoms with Gasteiger partial charge in [-0.15, -0.1) is 0 Å². The third-order valence-corrected chi connectivity index (χ3v) is 4.41. The molecular formula is C21H18ClN3O3. The van der Waals surface area contributed by atoms with Crippen molar-refractivity contribution in [1.82, 2.24) is 4.98 Å². The minimum atomic E-state index is -0.412. The summed E-state index contributed by atoms with van der Waals surface area (Å²) in [6, 6.07) is 15.5. The molecule has 0 aliphatic heterocycles. The molecule has 1 heterocycles. The first-order valence-corrected chi connectivity index (χ1v) is 8.83. The summed E-state index contributed by atoms with van der Waals surface area (Å²) in [6.45, 7) is 1.89. The van der Waals surface area contributed by atoms with Gasteiger partial charge >= 0.3 is 5.97 Å². The standard InChI is InChI=1S/C21H18ClN3O3/c1-13-6-7-16(11-18(13)22)25-20(26)19-9-8-17(12-23-19)24-15-5-3-4-14(10-15)21(27)28-2/h3-12,24H,1-2H3,(H,25,26). The first-order valence-electron chi connectivity index (χ1n) is 8.45. The molecule has 1 aromatic heterocycles. The normalized spacial score (nSPS) is 10.2. The van der Waals surface area contributed by atoms with Gasteiger partial charge in [0.05, 0.1) is 24.6 Å². The van der Waals surface area contributed by atoms with E-state index in [4.69, 9.17) is 16.3 Å². The molecule has 0 aliphatic carbocycles. The van der Waals surface area contributed by atoms with Crippen LogP contribution in [0, 0.1) is 6.92 Å². The monoisotopic (exact) mass is 395 g/mol. The Morgan fingerprint density at radius 3 is 2.46 bits per heavy atom. The summed E-state index contributed by atoms with van der Waals surface area (Å²) in [5.74, 6) is -0.746. The fourth-order valence-corrected chi connectivity index (χ4v) is 2.66. The smallest absolute Gasteiger partial charge is 0.337 e. The van der Waals surface area contributed by atoms with Crippen LogP contribution in [0.3, 0.4) is 0 Å². The fourth-order valence-electron chi connectivity index (χ4n) is 2.48. The number of methoxy groups -OCH3 is 1. The molecule has 0 bridgehead atoms. The number of benzene rings is 2. The van der Waals surface area contributed by atoms with Crippen LogP contribution in [0.15, 0.2) is 60.8 Å². The van der Waals surface area contributed by atoms with E-state index in [2.05, 4.69) is 15.6 Å². The molecule has 0 aliphatic rings. The highest BCUT2D eigenvalue weighted by Gasteiger charge is 2.09. The van der Waals surface area contributed by atoms with Gasteiger partial charge in [0.25, 0.3) is 5.91 Å². The quantitative estimate of drug-likeness (QED) is 0.605. The Kier molecular flexibility index (Phi) is 5.91. The Morgan fingerprint density at radius 1 is 1.00 bits per heavy atom. The molecule has 6 nitrogen and oxygen atoms in total. The lowest BCUT2D eigenvalue weighted by molar-refractivity contribution is 0.0600. The van der Waals surface area contributed by atoms with Crippen molar-refractivity contribution in [3.05, 3.63) is 82.6 Å². The number of anilines is 3. The molecule has 142 valence electrons. The van der Waals surface area contributed by atoms with Gasteiger partial charge in [-0.25, -0.2) is 9.78 Å². The Hall–Kier alpha value is -3.38. The molecule has 7 heteroatoms. The van der Waals surface area contributed by atoms with Gasteiger partial charge in [-0.3, -0.25) is 4.79 Å². The summed E-state index contributed by atoms with van der Waals surface area (Å²) >= 11 is 6.08. The average Bonchev–Trinajstić information content (AvgIpc) is 2.71. The number of esters is 1. The van der Waals surface area contributed by atoms with E-state index in [1.165, 1.54) is 7.11 Å². The zero-order chi connectivity index (χ0) is 20.1. The van der Waals surface area contributed by atoms with E-state index in [-0.39, 0.29) is 11.6 Å². The van der Waals surface area contributed by atoms with Crippen molar-refractivity contribution in [3.63, 3.8) is 0 Å². The predicted octanol–water partition coefficient (Wildman–Crippen LogP) is 4.83. The van der Waals surface area contributed by atoms with Gasteiger partial charge in [0.15, 0.2) is 0 Å². The Balaban J connectivity index is 1.68. The van der Waals surface area contributed by atoms with Crippen molar-refractivity contribution < 1.29 is 14.3 Å². The van der Waals surface area contributed by atoms with Gasteiger partial charge in [0, 0.05) is 16.4 Å². The number of amides is 1. The van der Waals surface area contributed by atoms with Crippen LogP contribution in [-0.4, -0.2) is 24.0 Å². The fraction of sp³-hybridized carbons (Fsp3) is 0.0952. The number of carbonyl (C=O) groups excluding carboxylic acids is 2. The summed E-state index contributed by atoms with van der Waals surface area (Å²) in [5.41, 5.74) is 3.63. The molecule has 3 aromatic rings. The second kappa shape index (κ2) is 8.54. The zero-order valence-electron chi connectivity index (χ0n) is 15.3. The van der Waals surface area contributed by atoms with Crippen LogP contribution in [0.1, 0.15) is 26.4 Å². The molecule has 0 saturated carbocycles. The summed E-state index contributed by atoms with van der Waals surface area (Å²) in [7, 11) is 1.33. The van der Waals surface area contributed by atoms with E-state index in [9.17, 15) is 9.59 Å². The first kappa shape index (κ1) is 19.4. The molecular weight excluding hydrogens is 378 g/mol. The van der Waals surface area contributed by atoms with Crippen molar-refractivity contribution in [3.8, 4) is 0 Å². The topological polar surface area (TPSA) is 80.3 Å². The van der Waals surface area contributed by atoms with Gasteiger partial charge in [-0.05, 0) is 55.0 Å². The number of nitrogens with one attached hydrogen (secondary N) is 2. The lowest BCUT2D eigenvalue weighted by Crippen LogP contribution is -2.13. The van der Waals surface area contributed by atoms with Crippen LogP contribution >= 0.6 is 11.6 Å². The number of ether oxygens (including phenoxy) is 1. The Bertz CT molecular complexity index is 1020. The maximum Gasteiger partial charge on any atom is 0.337 e. The molecule has 2 aromatic carbocycles. The molecule has 0 saturated heterocycles. The van der Waals surface area contributed by atoms with Crippen LogP contribution in [0.2, 0.25) is 5.02 Å². The minimum absolute atomic E-state index is 0.269. The van der Waals surface area contributed by atoms with E-state index in [1.54, 1.807) is 48.7 Å². The molecule has 3 rings (SSSR count). The van der Waals surface area contributed by atoms with Crippen molar-refractivity contribution >= 4 is 40.5 Å². The summed E-state index contributed by atoms with van der Waals surface area (Å²) in [6.07, 6.45) is 1.54. The number of aryl methyl sites for hydroxylation is 1. The molecule has 1 amide bonds. The maximum atomic E-state index is 12.3. The number of halogens is 1. The third kappa shape index (κ3) is 4.66. The molecule has 28 heavy (non-hydrogen) atoms. The number of carbonyl (C=O) groups is 2. The van der Waals surface area contributed by atoms with Crippen molar-refractivity contribution in [1.29, 1.82) is 0 Å². The summed E-state index contributed by atoms with van der Waals surface area (Å²) < 4.78 is 4.71. The van der Waals surface area contributed by atoms with Gasteiger partial charge in [-0.1, -0.05) is 23.7 Å². The van der Waals surface area contributed by atoms with Crippen molar-refractivity contribution in [2.45, 2.75) is 6.92 Å². The summed E-state index contributed by atoms with van der Waals surface area (Å²) in [4.78, 5) is 28.1.